The van der Waals surface area contributed by atoms with Gasteiger partial charge in [0.15, 0.2) is 0 Å². The van der Waals surface area contributed by atoms with Gasteiger partial charge in [0.2, 0.25) is 10.0 Å². The van der Waals surface area contributed by atoms with Crippen molar-refractivity contribution in [3.8, 4) is 0 Å². The van der Waals surface area contributed by atoms with Crippen LogP contribution in [0.4, 0.5) is 0 Å². The number of rotatable bonds is 3. The van der Waals surface area contributed by atoms with E-state index in [-0.39, 0.29) is 16.0 Å². The van der Waals surface area contributed by atoms with Crippen LogP contribution in [-0.4, -0.2) is 43.3 Å². The standard InChI is InChI=1S/C18H19ClN2O2S/c19-17-7-3-4-8-18(17)24(22,23)21-12-16(13-21)20-10-9-14-5-1-2-6-15(14)11-20/h1-8,16H,9-13H2. The minimum atomic E-state index is -3.49. The first kappa shape index (κ1) is 16.1. The Morgan fingerprint density at radius 1 is 0.958 bits per heavy atom. The van der Waals surface area contributed by atoms with Gasteiger partial charge in [-0.2, -0.15) is 4.31 Å². The first-order chi connectivity index (χ1) is 11.6. The van der Waals surface area contributed by atoms with Crippen molar-refractivity contribution >= 4 is 21.6 Å². The zero-order valence-corrected chi connectivity index (χ0v) is 14.8. The van der Waals surface area contributed by atoms with E-state index in [0.29, 0.717) is 13.1 Å². The normalized spacial score (nSPS) is 19.7. The highest BCUT2D eigenvalue weighted by atomic mass is 35.5. The van der Waals surface area contributed by atoms with Crippen LogP contribution in [0.15, 0.2) is 53.4 Å². The number of hydrogen-bond donors (Lipinski definition) is 0. The molecule has 0 aliphatic carbocycles. The van der Waals surface area contributed by atoms with E-state index in [1.807, 2.05) is 0 Å². The second-order valence-corrected chi connectivity index (χ2v) is 8.71. The lowest BCUT2D eigenvalue weighted by molar-refractivity contribution is 0.0769. The van der Waals surface area contributed by atoms with Gasteiger partial charge in [-0.1, -0.05) is 48.0 Å². The number of halogens is 1. The lowest BCUT2D eigenvalue weighted by atomic mass is 9.97. The van der Waals surface area contributed by atoms with Crippen molar-refractivity contribution in [3.05, 3.63) is 64.7 Å². The third kappa shape index (κ3) is 2.75. The predicted molar refractivity (Wildman–Crippen MR) is 94.6 cm³/mol. The van der Waals surface area contributed by atoms with Crippen molar-refractivity contribution in [1.82, 2.24) is 9.21 Å². The molecule has 24 heavy (non-hydrogen) atoms. The summed E-state index contributed by atoms with van der Waals surface area (Å²) in [6.07, 6.45) is 1.03. The molecule has 4 nitrogen and oxygen atoms in total. The number of benzene rings is 2. The van der Waals surface area contributed by atoms with Crippen LogP contribution in [0.3, 0.4) is 0 Å². The summed E-state index contributed by atoms with van der Waals surface area (Å²) in [7, 11) is -3.49. The first-order valence-corrected chi connectivity index (χ1v) is 9.93. The summed E-state index contributed by atoms with van der Waals surface area (Å²) < 4.78 is 26.9. The lowest BCUT2D eigenvalue weighted by Crippen LogP contribution is -2.61. The van der Waals surface area contributed by atoms with Gasteiger partial charge in [0.1, 0.15) is 4.90 Å². The molecule has 0 spiro atoms. The summed E-state index contributed by atoms with van der Waals surface area (Å²) in [5, 5.41) is 0.285. The number of fused-ring (bicyclic) bond motifs is 1. The van der Waals surface area contributed by atoms with E-state index in [1.165, 1.54) is 15.4 Å². The van der Waals surface area contributed by atoms with Crippen molar-refractivity contribution < 1.29 is 8.42 Å². The van der Waals surface area contributed by atoms with Crippen molar-refractivity contribution in [3.63, 3.8) is 0 Å². The van der Waals surface area contributed by atoms with Crippen LogP contribution < -0.4 is 0 Å². The Morgan fingerprint density at radius 3 is 2.38 bits per heavy atom. The topological polar surface area (TPSA) is 40.6 Å². The number of hydrogen-bond acceptors (Lipinski definition) is 3. The molecule has 126 valence electrons. The lowest BCUT2D eigenvalue weighted by Gasteiger charge is -2.46. The Hall–Kier alpha value is -1.40. The fourth-order valence-corrected chi connectivity index (χ4v) is 5.47. The molecule has 0 amide bonds. The Kier molecular flexibility index (Phi) is 4.12. The maximum atomic E-state index is 12.7. The zero-order chi connectivity index (χ0) is 16.7. The van der Waals surface area contributed by atoms with Gasteiger partial charge in [-0.15, -0.1) is 0 Å². The van der Waals surface area contributed by atoms with Gasteiger partial charge in [0.25, 0.3) is 0 Å². The Balaban J connectivity index is 1.45. The molecule has 0 atom stereocenters. The smallest absolute Gasteiger partial charge is 0.244 e. The molecule has 0 bridgehead atoms. The third-order valence-electron chi connectivity index (χ3n) is 4.96. The summed E-state index contributed by atoms with van der Waals surface area (Å²) in [5.41, 5.74) is 2.77. The summed E-state index contributed by atoms with van der Waals surface area (Å²) in [6, 6.07) is 15.4. The number of nitrogens with zero attached hydrogens (tertiary/aromatic N) is 2. The van der Waals surface area contributed by atoms with E-state index in [2.05, 4.69) is 29.2 Å². The van der Waals surface area contributed by atoms with E-state index in [4.69, 9.17) is 11.6 Å². The summed E-state index contributed by atoms with van der Waals surface area (Å²) in [6.45, 7) is 2.97. The summed E-state index contributed by atoms with van der Waals surface area (Å²) in [5.74, 6) is 0. The predicted octanol–water partition coefficient (Wildman–Crippen LogP) is 2.77. The van der Waals surface area contributed by atoms with Gasteiger partial charge < -0.3 is 0 Å². The van der Waals surface area contributed by atoms with Crippen LogP contribution in [0.2, 0.25) is 5.02 Å². The molecule has 1 fully saturated rings. The molecular formula is C18H19ClN2O2S. The maximum absolute atomic E-state index is 12.7. The van der Waals surface area contributed by atoms with Crippen LogP contribution in [0.25, 0.3) is 0 Å². The number of sulfonamides is 1. The molecule has 2 aromatic carbocycles. The average molecular weight is 363 g/mol. The van der Waals surface area contributed by atoms with Crippen LogP contribution >= 0.6 is 11.6 Å². The van der Waals surface area contributed by atoms with E-state index in [1.54, 1.807) is 24.3 Å². The SMILES string of the molecule is O=S(=O)(c1ccccc1Cl)N1CC(N2CCc3ccccc3C2)C1. The molecule has 2 aliphatic heterocycles. The fraction of sp³-hybridized carbons (Fsp3) is 0.333. The van der Waals surface area contributed by atoms with E-state index in [0.717, 1.165) is 19.5 Å². The van der Waals surface area contributed by atoms with E-state index < -0.39 is 10.0 Å². The molecule has 2 aromatic rings. The maximum Gasteiger partial charge on any atom is 0.244 e. The highest BCUT2D eigenvalue weighted by molar-refractivity contribution is 7.89. The Morgan fingerprint density at radius 2 is 1.62 bits per heavy atom. The van der Waals surface area contributed by atoms with E-state index >= 15 is 0 Å². The van der Waals surface area contributed by atoms with Crippen LogP contribution in [-0.2, 0) is 23.0 Å². The second kappa shape index (κ2) is 6.15. The van der Waals surface area contributed by atoms with Gasteiger partial charge in [0, 0.05) is 32.2 Å². The average Bonchev–Trinajstić information content (AvgIpc) is 2.53. The molecule has 0 saturated carbocycles. The highest BCUT2D eigenvalue weighted by Gasteiger charge is 2.40. The van der Waals surface area contributed by atoms with Crippen molar-refractivity contribution in [2.24, 2.45) is 0 Å². The van der Waals surface area contributed by atoms with Crippen LogP contribution in [0.1, 0.15) is 11.1 Å². The molecular weight excluding hydrogens is 344 g/mol. The second-order valence-electron chi connectivity index (χ2n) is 6.40. The fourth-order valence-electron chi connectivity index (χ4n) is 3.47. The molecule has 0 unspecified atom stereocenters. The molecule has 0 aromatic heterocycles. The van der Waals surface area contributed by atoms with Crippen molar-refractivity contribution in [2.45, 2.75) is 23.9 Å². The first-order valence-electron chi connectivity index (χ1n) is 8.11. The van der Waals surface area contributed by atoms with E-state index in [9.17, 15) is 8.42 Å². The quantitative estimate of drug-likeness (QED) is 0.843. The Labute approximate surface area is 147 Å². The van der Waals surface area contributed by atoms with Crippen molar-refractivity contribution in [1.29, 1.82) is 0 Å². The monoisotopic (exact) mass is 362 g/mol. The minimum absolute atomic E-state index is 0.203. The molecule has 1 saturated heterocycles. The molecule has 6 heteroatoms. The van der Waals surface area contributed by atoms with Crippen LogP contribution in [0, 0.1) is 0 Å². The van der Waals surface area contributed by atoms with Gasteiger partial charge >= 0.3 is 0 Å². The molecule has 2 aliphatic rings. The van der Waals surface area contributed by atoms with Gasteiger partial charge in [-0.3, -0.25) is 4.90 Å². The minimum Gasteiger partial charge on any atom is -0.293 e. The van der Waals surface area contributed by atoms with Gasteiger partial charge in [-0.25, -0.2) is 8.42 Å². The van der Waals surface area contributed by atoms with Crippen LogP contribution in [0.5, 0.6) is 0 Å². The highest BCUT2D eigenvalue weighted by Crippen LogP contribution is 2.30. The molecule has 4 rings (SSSR count). The summed E-state index contributed by atoms with van der Waals surface area (Å²) in [4.78, 5) is 2.59. The summed E-state index contributed by atoms with van der Waals surface area (Å²) >= 11 is 6.06. The molecule has 0 N–H and O–H groups in total. The third-order valence-corrected chi connectivity index (χ3v) is 7.29. The molecule has 2 heterocycles. The molecule has 0 radical (unpaired) electrons. The van der Waals surface area contributed by atoms with Gasteiger partial charge in [0.05, 0.1) is 5.02 Å². The van der Waals surface area contributed by atoms with Crippen molar-refractivity contribution in [2.75, 3.05) is 19.6 Å². The zero-order valence-electron chi connectivity index (χ0n) is 13.2. The Bertz CT molecular complexity index is 863. The van der Waals surface area contributed by atoms with Gasteiger partial charge in [-0.05, 0) is 29.7 Å². The largest absolute Gasteiger partial charge is 0.293 e.